The fraction of sp³-hybridized carbons (Fsp3) is 0.344. The quantitative estimate of drug-likeness (QED) is 0.145. The van der Waals surface area contributed by atoms with E-state index in [0.29, 0.717) is 22.3 Å². The number of ether oxygens (including phenoxy) is 1. The van der Waals surface area contributed by atoms with E-state index in [1.54, 1.807) is 55.5 Å². The summed E-state index contributed by atoms with van der Waals surface area (Å²) < 4.78 is 19.1. The molecule has 3 aromatic carbocycles. The maximum absolute atomic E-state index is 13.6. The molecule has 1 fully saturated rings. The molecular formula is C32H38FIN4O5. The highest BCUT2D eigenvalue weighted by Gasteiger charge is 2.34. The first kappa shape index (κ1) is 33.8. The average Bonchev–Trinajstić information content (AvgIpc) is 2.95. The maximum Gasteiger partial charge on any atom is 0.338 e. The monoisotopic (exact) mass is 704 g/mol. The van der Waals surface area contributed by atoms with Crippen LogP contribution in [0.3, 0.4) is 0 Å². The van der Waals surface area contributed by atoms with E-state index in [1.807, 2.05) is 0 Å². The number of halogens is 2. The van der Waals surface area contributed by atoms with Crippen molar-refractivity contribution in [1.82, 2.24) is 10.6 Å². The van der Waals surface area contributed by atoms with Gasteiger partial charge in [-0.05, 0) is 73.9 Å². The Bertz CT molecular complexity index is 1370. The first-order chi connectivity index (χ1) is 20.1. The van der Waals surface area contributed by atoms with Gasteiger partial charge in [-0.1, -0.05) is 24.3 Å². The highest BCUT2D eigenvalue weighted by molar-refractivity contribution is 5.95. The molecule has 43 heavy (non-hydrogen) atoms. The number of nitrogens with one attached hydrogen (secondary N) is 3. The largest absolute Gasteiger partial charge is 1.00 e. The molecule has 230 valence electrons. The number of benzene rings is 3. The molecule has 0 radical (unpaired) electrons. The zero-order valence-electron chi connectivity index (χ0n) is 24.3. The molecule has 1 heterocycles. The lowest BCUT2D eigenvalue weighted by Gasteiger charge is -2.42. The smallest absolute Gasteiger partial charge is 0.338 e. The molecule has 3 amide bonds. The normalized spacial score (nSPS) is 18.4. The van der Waals surface area contributed by atoms with Gasteiger partial charge in [-0.15, -0.1) is 0 Å². The van der Waals surface area contributed by atoms with Gasteiger partial charge in [0.05, 0.1) is 38.3 Å². The Hall–Kier alpha value is -3.71. The summed E-state index contributed by atoms with van der Waals surface area (Å²) in [5.74, 6) is -0.919. The zero-order chi connectivity index (χ0) is 30.1. The number of rotatable bonds is 10. The molecule has 1 unspecified atom stereocenters. The summed E-state index contributed by atoms with van der Waals surface area (Å²) >= 11 is 0. The second-order valence-electron chi connectivity index (χ2n) is 11.0. The zero-order valence-corrected chi connectivity index (χ0v) is 26.5. The highest BCUT2D eigenvalue weighted by atomic mass is 127. The summed E-state index contributed by atoms with van der Waals surface area (Å²) in [6, 6.07) is 17.7. The maximum atomic E-state index is 13.6. The third-order valence-electron chi connectivity index (χ3n) is 7.39. The fourth-order valence-electron chi connectivity index (χ4n) is 5.33. The van der Waals surface area contributed by atoms with Crippen LogP contribution in [-0.2, 0) is 22.5 Å². The molecule has 11 heteroatoms. The molecule has 3 aromatic rings. The fourth-order valence-corrected chi connectivity index (χ4v) is 5.33. The van der Waals surface area contributed by atoms with Gasteiger partial charge >= 0.3 is 12.0 Å². The van der Waals surface area contributed by atoms with Gasteiger partial charge in [0.1, 0.15) is 24.2 Å². The minimum absolute atomic E-state index is 0. The number of nitrogens with zero attached hydrogens (tertiary/aromatic N) is 1. The SMILES string of the molecule is CCOC(=O)c1ccc(NC(=O)N[C@@H](Cc2ccc(O)cc2)C(=O)N[C@H]2CCC[N+](C)(Cc3ccc(F)cc3)C2)cc1.[I-]. The topological polar surface area (TPSA) is 117 Å². The van der Waals surface area contributed by atoms with Crippen molar-refractivity contribution in [2.75, 3.05) is 32.1 Å². The number of carbonyl (C=O) groups excluding carboxylic acids is 3. The average molecular weight is 705 g/mol. The van der Waals surface area contributed by atoms with Crippen LogP contribution in [0.4, 0.5) is 14.9 Å². The number of hydrogen-bond acceptors (Lipinski definition) is 5. The van der Waals surface area contributed by atoms with Crippen LogP contribution in [0.2, 0.25) is 0 Å². The van der Waals surface area contributed by atoms with Crippen LogP contribution < -0.4 is 39.9 Å². The Labute approximate surface area is 268 Å². The lowest BCUT2D eigenvalue weighted by atomic mass is 10.00. The van der Waals surface area contributed by atoms with Gasteiger partial charge in [0, 0.05) is 17.7 Å². The molecule has 1 aliphatic rings. The van der Waals surface area contributed by atoms with Crippen molar-refractivity contribution in [2.24, 2.45) is 0 Å². The molecule has 1 saturated heterocycles. The summed E-state index contributed by atoms with van der Waals surface area (Å²) in [5, 5.41) is 18.3. The molecule has 0 spiro atoms. The van der Waals surface area contributed by atoms with E-state index in [4.69, 9.17) is 4.74 Å². The Morgan fingerprint density at radius 2 is 1.65 bits per heavy atom. The van der Waals surface area contributed by atoms with Gasteiger partial charge in [-0.2, -0.15) is 0 Å². The van der Waals surface area contributed by atoms with Crippen LogP contribution in [0, 0.1) is 5.82 Å². The van der Waals surface area contributed by atoms with E-state index in [2.05, 4.69) is 23.0 Å². The highest BCUT2D eigenvalue weighted by Crippen LogP contribution is 2.22. The van der Waals surface area contributed by atoms with Crippen molar-refractivity contribution in [3.05, 3.63) is 95.3 Å². The Morgan fingerprint density at radius 3 is 2.30 bits per heavy atom. The van der Waals surface area contributed by atoms with Crippen molar-refractivity contribution >= 4 is 23.6 Å². The van der Waals surface area contributed by atoms with E-state index in [1.165, 1.54) is 24.3 Å². The lowest BCUT2D eigenvalue weighted by Crippen LogP contribution is -3.00. The predicted octanol–water partition coefficient (Wildman–Crippen LogP) is 1.37. The number of urea groups is 1. The van der Waals surface area contributed by atoms with Gasteiger partial charge in [0.15, 0.2) is 0 Å². The van der Waals surface area contributed by atoms with Crippen LogP contribution >= 0.6 is 0 Å². The van der Waals surface area contributed by atoms with Gasteiger partial charge in [-0.3, -0.25) is 4.79 Å². The molecular weight excluding hydrogens is 666 g/mol. The number of phenols is 1. The number of carbonyl (C=O) groups is 3. The van der Waals surface area contributed by atoms with E-state index >= 15 is 0 Å². The molecule has 0 bridgehead atoms. The van der Waals surface area contributed by atoms with E-state index in [9.17, 15) is 23.9 Å². The third-order valence-corrected chi connectivity index (χ3v) is 7.39. The molecule has 3 atom stereocenters. The number of likely N-dealkylation sites (tertiary alicyclic amines) is 1. The summed E-state index contributed by atoms with van der Waals surface area (Å²) in [6.07, 6.45) is 1.95. The predicted molar refractivity (Wildman–Crippen MR) is 157 cm³/mol. The summed E-state index contributed by atoms with van der Waals surface area (Å²) in [6.45, 7) is 4.35. The second-order valence-corrected chi connectivity index (χ2v) is 11.0. The minimum atomic E-state index is -0.883. The number of phenolic OH excluding ortho intramolecular Hbond substituents is 1. The number of esters is 1. The molecule has 9 nitrogen and oxygen atoms in total. The van der Waals surface area contributed by atoms with Crippen molar-refractivity contribution in [3.63, 3.8) is 0 Å². The van der Waals surface area contributed by atoms with E-state index in [-0.39, 0.29) is 60.5 Å². The lowest BCUT2D eigenvalue weighted by molar-refractivity contribution is -0.927. The minimum Gasteiger partial charge on any atom is -1.00 e. The van der Waals surface area contributed by atoms with Crippen molar-refractivity contribution < 1.29 is 57.1 Å². The van der Waals surface area contributed by atoms with Crippen molar-refractivity contribution in [3.8, 4) is 5.75 Å². The van der Waals surface area contributed by atoms with Gasteiger partial charge in [-0.25, -0.2) is 14.0 Å². The summed E-state index contributed by atoms with van der Waals surface area (Å²) in [4.78, 5) is 38.4. The number of aromatic hydroxyl groups is 1. The Balaban J connectivity index is 0.00000506. The summed E-state index contributed by atoms with van der Waals surface area (Å²) in [5.41, 5.74) is 2.62. The van der Waals surface area contributed by atoms with Crippen LogP contribution in [0.1, 0.15) is 41.3 Å². The first-order valence-electron chi connectivity index (χ1n) is 14.1. The van der Waals surface area contributed by atoms with Crippen molar-refractivity contribution in [1.29, 1.82) is 0 Å². The van der Waals surface area contributed by atoms with E-state index in [0.717, 1.165) is 37.1 Å². The molecule has 0 aromatic heterocycles. The molecule has 4 N–H and O–H groups in total. The van der Waals surface area contributed by atoms with E-state index < -0.39 is 18.0 Å². The standard InChI is InChI=1S/C32H37FN4O5.HI/c1-3-42-31(40)24-10-14-26(15-11-24)35-32(41)36-29(19-22-8-16-28(38)17-9-22)30(39)34-27-5-4-18-37(2,21-27)20-23-6-12-25(33)13-7-23;/h6-17,27,29H,3-5,18-21H2,1-2H3,(H3-,34,35,36,38,39,40,41);1H/t27-,29-,37?;/m0./s1. The molecule has 0 saturated carbocycles. The number of quaternary nitrogens is 1. The van der Waals surface area contributed by atoms with Crippen LogP contribution in [0.15, 0.2) is 72.8 Å². The van der Waals surface area contributed by atoms with Crippen LogP contribution in [-0.4, -0.2) is 66.3 Å². The molecule has 1 aliphatic heterocycles. The van der Waals surface area contributed by atoms with Gasteiger partial charge in [0.25, 0.3) is 0 Å². The number of amides is 3. The second kappa shape index (κ2) is 15.7. The number of hydrogen-bond donors (Lipinski definition) is 4. The van der Waals surface area contributed by atoms with Crippen LogP contribution in [0.5, 0.6) is 5.75 Å². The summed E-state index contributed by atoms with van der Waals surface area (Å²) in [7, 11) is 2.13. The first-order valence-corrected chi connectivity index (χ1v) is 14.1. The molecule has 0 aliphatic carbocycles. The number of anilines is 1. The van der Waals surface area contributed by atoms with Crippen LogP contribution in [0.25, 0.3) is 0 Å². The molecule has 4 rings (SSSR count). The number of likely N-dealkylation sites (N-methyl/N-ethyl adjacent to an activating group) is 1. The number of piperidine rings is 1. The Morgan fingerprint density at radius 1 is 1.00 bits per heavy atom. The van der Waals surface area contributed by atoms with Gasteiger partial charge < -0.3 is 54.3 Å². The third kappa shape index (κ3) is 10.2. The Kier molecular flexibility index (Phi) is 12.3. The van der Waals surface area contributed by atoms with Crippen molar-refractivity contribution in [2.45, 2.75) is 44.8 Å². The van der Waals surface area contributed by atoms with Gasteiger partial charge in [0.2, 0.25) is 5.91 Å².